The lowest BCUT2D eigenvalue weighted by atomic mass is 10.3. The molecule has 1 saturated heterocycles. The topological polar surface area (TPSA) is 102 Å². The Morgan fingerprint density at radius 2 is 1.66 bits per heavy atom. The molecule has 2 aromatic rings. The highest BCUT2D eigenvalue weighted by Crippen LogP contribution is 2.33. The van der Waals surface area contributed by atoms with Crippen LogP contribution in [-0.2, 0) is 20.0 Å². The summed E-state index contributed by atoms with van der Waals surface area (Å²) in [5, 5.41) is 0. The minimum Gasteiger partial charge on any atom is -0.495 e. The van der Waals surface area contributed by atoms with Gasteiger partial charge < -0.3 is 9.47 Å². The van der Waals surface area contributed by atoms with Crippen LogP contribution in [0, 0.1) is 0 Å². The van der Waals surface area contributed by atoms with Crippen molar-refractivity contribution in [2.45, 2.75) is 29.6 Å². The molecule has 8 nitrogen and oxygen atoms in total. The third kappa shape index (κ3) is 4.49. The molecular formula is C19H24N2O6S2. The van der Waals surface area contributed by atoms with Crippen LogP contribution in [0.5, 0.6) is 11.5 Å². The summed E-state index contributed by atoms with van der Waals surface area (Å²) < 4.78 is 66.2. The zero-order chi connectivity index (χ0) is 21.1. The van der Waals surface area contributed by atoms with Crippen LogP contribution in [0.3, 0.4) is 0 Å². The summed E-state index contributed by atoms with van der Waals surface area (Å²) in [5.41, 5.74) is 0.122. The van der Waals surface area contributed by atoms with Gasteiger partial charge in [0.05, 0.1) is 19.4 Å². The van der Waals surface area contributed by atoms with Gasteiger partial charge >= 0.3 is 0 Å². The number of nitrogens with zero attached hydrogens (tertiary/aromatic N) is 1. The Morgan fingerprint density at radius 3 is 2.31 bits per heavy atom. The molecule has 10 heteroatoms. The van der Waals surface area contributed by atoms with E-state index < -0.39 is 20.0 Å². The Bertz CT molecular complexity index is 1080. The number of benzene rings is 2. The molecule has 29 heavy (non-hydrogen) atoms. The molecule has 1 N–H and O–H groups in total. The predicted molar refractivity (Wildman–Crippen MR) is 109 cm³/mol. The number of anilines is 1. The van der Waals surface area contributed by atoms with Gasteiger partial charge in [0.2, 0.25) is 10.0 Å². The summed E-state index contributed by atoms with van der Waals surface area (Å²) >= 11 is 0. The van der Waals surface area contributed by atoms with Crippen LogP contribution >= 0.6 is 0 Å². The lowest BCUT2D eigenvalue weighted by Crippen LogP contribution is -2.28. The summed E-state index contributed by atoms with van der Waals surface area (Å²) in [4.78, 5) is -0.0955. The van der Waals surface area contributed by atoms with Crippen LogP contribution in [0.4, 0.5) is 5.69 Å². The molecule has 0 unspecified atom stereocenters. The molecule has 158 valence electrons. The van der Waals surface area contributed by atoms with Crippen LogP contribution in [0.2, 0.25) is 0 Å². The Hall–Kier alpha value is -2.30. The molecule has 1 fully saturated rings. The molecule has 1 aliphatic heterocycles. The van der Waals surface area contributed by atoms with Crippen LogP contribution in [-0.4, -0.2) is 47.9 Å². The number of nitrogens with one attached hydrogen (secondary N) is 1. The van der Waals surface area contributed by atoms with E-state index in [1.54, 1.807) is 19.1 Å². The molecule has 0 atom stereocenters. The third-order valence-corrected chi connectivity index (χ3v) is 7.88. The second kappa shape index (κ2) is 8.60. The van der Waals surface area contributed by atoms with E-state index in [1.807, 2.05) is 0 Å². The molecule has 1 aliphatic rings. The second-order valence-corrected chi connectivity index (χ2v) is 10.0. The maximum atomic E-state index is 13.1. The molecule has 0 aliphatic carbocycles. The van der Waals surface area contributed by atoms with E-state index >= 15 is 0 Å². The van der Waals surface area contributed by atoms with Gasteiger partial charge in [-0.05, 0) is 50.1 Å². The number of ether oxygens (including phenoxy) is 2. The first kappa shape index (κ1) is 21.4. The molecule has 0 spiro atoms. The van der Waals surface area contributed by atoms with Gasteiger partial charge in [-0.25, -0.2) is 16.8 Å². The van der Waals surface area contributed by atoms with Gasteiger partial charge in [0.15, 0.2) is 0 Å². The van der Waals surface area contributed by atoms with Gasteiger partial charge in [-0.2, -0.15) is 4.31 Å². The zero-order valence-corrected chi connectivity index (χ0v) is 17.9. The van der Waals surface area contributed by atoms with Crippen LogP contribution in [0.15, 0.2) is 52.3 Å². The van der Waals surface area contributed by atoms with Crippen molar-refractivity contribution in [2.24, 2.45) is 0 Å². The first-order chi connectivity index (χ1) is 13.8. The van der Waals surface area contributed by atoms with Crippen molar-refractivity contribution in [1.29, 1.82) is 0 Å². The third-order valence-electron chi connectivity index (χ3n) is 4.54. The SMILES string of the molecule is CCOc1ccc(NS(=O)(=O)c2ccccc2OC)cc1S(=O)(=O)N1CCCC1. The first-order valence-corrected chi connectivity index (χ1v) is 12.1. The fourth-order valence-corrected chi connectivity index (χ4v) is 6.06. The summed E-state index contributed by atoms with van der Waals surface area (Å²) in [6, 6.07) is 10.4. The van der Waals surface area contributed by atoms with Gasteiger partial charge in [-0.3, -0.25) is 4.72 Å². The van der Waals surface area contributed by atoms with Gasteiger partial charge in [0.1, 0.15) is 21.3 Å². The van der Waals surface area contributed by atoms with Gasteiger partial charge in [-0.1, -0.05) is 12.1 Å². The molecule has 3 rings (SSSR count). The fourth-order valence-electron chi connectivity index (χ4n) is 3.17. The van der Waals surface area contributed by atoms with Crippen molar-refractivity contribution in [3.05, 3.63) is 42.5 Å². The number of hydrogen-bond donors (Lipinski definition) is 1. The number of hydrogen-bond acceptors (Lipinski definition) is 6. The minimum atomic E-state index is -3.99. The molecule has 1 heterocycles. The summed E-state index contributed by atoms with van der Waals surface area (Å²) in [5.74, 6) is 0.385. The normalized spacial score (nSPS) is 15.2. The number of para-hydroxylation sites is 1. The van der Waals surface area contributed by atoms with E-state index in [-0.39, 0.29) is 33.6 Å². The van der Waals surface area contributed by atoms with Crippen molar-refractivity contribution in [3.8, 4) is 11.5 Å². The smallest absolute Gasteiger partial charge is 0.265 e. The average molecular weight is 441 g/mol. The second-order valence-electron chi connectivity index (χ2n) is 6.46. The van der Waals surface area contributed by atoms with Crippen molar-refractivity contribution in [2.75, 3.05) is 31.5 Å². The average Bonchev–Trinajstić information content (AvgIpc) is 3.25. The van der Waals surface area contributed by atoms with Crippen LogP contribution in [0.1, 0.15) is 19.8 Å². The highest BCUT2D eigenvalue weighted by molar-refractivity contribution is 7.92. The maximum Gasteiger partial charge on any atom is 0.265 e. The summed E-state index contributed by atoms with van der Waals surface area (Å²) in [6.07, 6.45) is 1.59. The van der Waals surface area contributed by atoms with E-state index in [1.165, 1.54) is 41.7 Å². The van der Waals surface area contributed by atoms with Crippen molar-refractivity contribution >= 4 is 25.7 Å². The van der Waals surface area contributed by atoms with Crippen LogP contribution < -0.4 is 14.2 Å². The van der Waals surface area contributed by atoms with Crippen molar-refractivity contribution in [3.63, 3.8) is 0 Å². The van der Waals surface area contributed by atoms with Gasteiger partial charge in [0.25, 0.3) is 10.0 Å². The fraction of sp³-hybridized carbons (Fsp3) is 0.368. The highest BCUT2D eigenvalue weighted by Gasteiger charge is 2.31. The Balaban J connectivity index is 2.01. The maximum absolute atomic E-state index is 13.1. The Kier molecular flexibility index (Phi) is 6.35. The number of sulfonamides is 2. The monoisotopic (exact) mass is 440 g/mol. The Labute approximate surface area is 171 Å². The molecule has 0 saturated carbocycles. The molecule has 0 bridgehead atoms. The van der Waals surface area contributed by atoms with Gasteiger partial charge in [0, 0.05) is 13.1 Å². The lowest BCUT2D eigenvalue weighted by molar-refractivity contribution is 0.330. The quantitative estimate of drug-likeness (QED) is 0.677. The van der Waals surface area contributed by atoms with E-state index in [9.17, 15) is 16.8 Å². The number of methoxy groups -OCH3 is 1. The lowest BCUT2D eigenvalue weighted by Gasteiger charge is -2.19. The van der Waals surface area contributed by atoms with Crippen molar-refractivity contribution in [1.82, 2.24) is 4.31 Å². The summed E-state index contributed by atoms with van der Waals surface area (Å²) in [6.45, 7) is 2.91. The largest absolute Gasteiger partial charge is 0.495 e. The van der Waals surface area contributed by atoms with E-state index in [2.05, 4.69) is 4.72 Å². The molecule has 0 amide bonds. The predicted octanol–water partition coefficient (Wildman–Crippen LogP) is 2.68. The zero-order valence-electron chi connectivity index (χ0n) is 16.3. The van der Waals surface area contributed by atoms with E-state index in [0.717, 1.165) is 12.8 Å². The molecule has 2 aromatic carbocycles. The van der Waals surface area contributed by atoms with Crippen LogP contribution in [0.25, 0.3) is 0 Å². The molecule has 0 radical (unpaired) electrons. The molecular weight excluding hydrogens is 416 g/mol. The number of rotatable bonds is 8. The standard InChI is InChI=1S/C19H24N2O6S2/c1-3-27-17-11-10-15(14-19(17)29(24,25)21-12-6-7-13-21)20-28(22,23)18-9-5-4-8-16(18)26-2/h4-5,8-11,14,20H,3,6-7,12-13H2,1-2H3. The summed E-state index contributed by atoms with van der Waals surface area (Å²) in [7, 11) is -6.40. The van der Waals surface area contributed by atoms with E-state index in [0.29, 0.717) is 13.1 Å². The van der Waals surface area contributed by atoms with Crippen molar-refractivity contribution < 1.29 is 26.3 Å². The Morgan fingerprint density at radius 1 is 0.966 bits per heavy atom. The van der Waals surface area contributed by atoms with E-state index in [4.69, 9.17) is 9.47 Å². The first-order valence-electron chi connectivity index (χ1n) is 9.22. The minimum absolute atomic E-state index is 0.0414. The highest BCUT2D eigenvalue weighted by atomic mass is 32.2. The molecule has 0 aromatic heterocycles. The van der Waals surface area contributed by atoms with Gasteiger partial charge in [-0.15, -0.1) is 0 Å².